The summed E-state index contributed by atoms with van der Waals surface area (Å²) >= 11 is 0. The van der Waals surface area contributed by atoms with Crippen LogP contribution < -0.4 is 15.4 Å². The van der Waals surface area contributed by atoms with Gasteiger partial charge in [0.1, 0.15) is 5.75 Å². The van der Waals surface area contributed by atoms with Crippen LogP contribution in [0.15, 0.2) is 42.5 Å². The maximum absolute atomic E-state index is 12.4. The minimum atomic E-state index is -0.496. The van der Waals surface area contributed by atoms with Crippen LogP contribution in [0.4, 0.5) is 11.4 Å². The van der Waals surface area contributed by atoms with Crippen LogP contribution in [-0.4, -0.2) is 12.0 Å². The molecule has 0 saturated carbocycles. The molecule has 1 atom stereocenters. The van der Waals surface area contributed by atoms with E-state index in [1.165, 1.54) is 5.56 Å². The van der Waals surface area contributed by atoms with Gasteiger partial charge in [-0.2, -0.15) is 0 Å². The molecule has 1 amide bonds. The molecule has 1 unspecified atom stereocenters. The van der Waals surface area contributed by atoms with Gasteiger partial charge in [-0.05, 0) is 31.5 Å². The summed E-state index contributed by atoms with van der Waals surface area (Å²) in [7, 11) is 0. The van der Waals surface area contributed by atoms with Crippen LogP contribution in [-0.2, 0) is 11.3 Å². The van der Waals surface area contributed by atoms with E-state index in [4.69, 9.17) is 10.5 Å². The lowest BCUT2D eigenvalue weighted by Crippen LogP contribution is -2.44. The second-order valence-corrected chi connectivity index (χ2v) is 5.40. The molecule has 21 heavy (non-hydrogen) atoms. The Labute approximate surface area is 124 Å². The Morgan fingerprint density at radius 2 is 1.90 bits per heavy atom. The first-order valence-electron chi connectivity index (χ1n) is 6.98. The predicted octanol–water partition coefficient (Wildman–Crippen LogP) is 2.89. The van der Waals surface area contributed by atoms with E-state index in [1.54, 1.807) is 24.0 Å². The highest BCUT2D eigenvalue weighted by molar-refractivity contribution is 6.00. The molecule has 0 bridgehead atoms. The average molecular weight is 282 g/mol. The van der Waals surface area contributed by atoms with E-state index >= 15 is 0 Å². The van der Waals surface area contributed by atoms with Crippen molar-refractivity contribution in [1.29, 1.82) is 0 Å². The molecule has 0 radical (unpaired) electrons. The predicted molar refractivity (Wildman–Crippen MR) is 83.3 cm³/mol. The smallest absolute Gasteiger partial charge is 0.268 e. The van der Waals surface area contributed by atoms with Gasteiger partial charge in [0.25, 0.3) is 5.91 Å². The summed E-state index contributed by atoms with van der Waals surface area (Å²) in [5, 5.41) is 0. The molecule has 0 aromatic heterocycles. The number of benzene rings is 2. The van der Waals surface area contributed by atoms with E-state index < -0.39 is 6.10 Å². The molecule has 108 valence electrons. The van der Waals surface area contributed by atoms with Crippen LogP contribution in [0.2, 0.25) is 0 Å². The van der Waals surface area contributed by atoms with Crippen LogP contribution in [0.5, 0.6) is 5.75 Å². The molecule has 0 saturated heterocycles. The number of nitrogens with zero attached hydrogens (tertiary/aromatic N) is 1. The number of hydrogen-bond acceptors (Lipinski definition) is 3. The number of amides is 1. The summed E-state index contributed by atoms with van der Waals surface area (Å²) in [5.41, 5.74) is 9.49. The molecule has 2 aromatic carbocycles. The molecular formula is C17H18N2O2. The van der Waals surface area contributed by atoms with Crippen molar-refractivity contribution in [3.8, 4) is 5.75 Å². The number of aryl methyl sites for hydroxylation is 1. The zero-order chi connectivity index (χ0) is 15.0. The summed E-state index contributed by atoms with van der Waals surface area (Å²) < 4.78 is 5.64. The fraction of sp³-hybridized carbons (Fsp3) is 0.235. The number of nitrogens with two attached hydrogens (primary N) is 1. The summed E-state index contributed by atoms with van der Waals surface area (Å²) in [4.78, 5) is 14.2. The van der Waals surface area contributed by atoms with Gasteiger partial charge in [-0.25, -0.2) is 0 Å². The topological polar surface area (TPSA) is 55.6 Å². The molecular weight excluding hydrogens is 264 g/mol. The summed E-state index contributed by atoms with van der Waals surface area (Å²) in [5.74, 6) is 0.627. The van der Waals surface area contributed by atoms with Crippen molar-refractivity contribution in [2.75, 3.05) is 10.6 Å². The van der Waals surface area contributed by atoms with Gasteiger partial charge >= 0.3 is 0 Å². The Morgan fingerprint density at radius 3 is 2.62 bits per heavy atom. The van der Waals surface area contributed by atoms with Crippen molar-refractivity contribution in [3.05, 3.63) is 53.6 Å². The molecule has 0 spiro atoms. The molecule has 1 heterocycles. The third-order valence-corrected chi connectivity index (χ3v) is 3.65. The van der Waals surface area contributed by atoms with Gasteiger partial charge in [0.2, 0.25) is 0 Å². The second kappa shape index (κ2) is 5.13. The lowest BCUT2D eigenvalue weighted by atomic mass is 10.1. The molecule has 4 heteroatoms. The third kappa shape index (κ3) is 2.57. The lowest BCUT2D eigenvalue weighted by molar-refractivity contribution is -0.125. The van der Waals surface area contributed by atoms with E-state index in [0.29, 0.717) is 18.0 Å². The lowest BCUT2D eigenvalue weighted by Gasteiger charge is -2.33. The molecule has 3 rings (SSSR count). The Morgan fingerprint density at radius 1 is 1.19 bits per heavy atom. The number of anilines is 2. The Bertz CT molecular complexity index is 680. The molecule has 1 aliphatic rings. The first kappa shape index (κ1) is 13.5. The molecule has 1 aliphatic heterocycles. The van der Waals surface area contributed by atoms with Gasteiger partial charge < -0.3 is 15.4 Å². The van der Waals surface area contributed by atoms with Crippen LogP contribution in [0, 0.1) is 6.92 Å². The fourth-order valence-corrected chi connectivity index (χ4v) is 2.47. The van der Waals surface area contributed by atoms with Crippen LogP contribution >= 0.6 is 0 Å². The Balaban J connectivity index is 1.96. The first-order chi connectivity index (χ1) is 10.0. The van der Waals surface area contributed by atoms with Crippen molar-refractivity contribution in [2.45, 2.75) is 26.5 Å². The van der Waals surface area contributed by atoms with Gasteiger partial charge in [-0.1, -0.05) is 29.8 Å². The van der Waals surface area contributed by atoms with E-state index in [-0.39, 0.29) is 5.91 Å². The first-order valence-corrected chi connectivity index (χ1v) is 6.98. The number of ether oxygens (including phenoxy) is 1. The maximum Gasteiger partial charge on any atom is 0.268 e. The molecule has 2 aromatic rings. The van der Waals surface area contributed by atoms with Crippen LogP contribution in [0.3, 0.4) is 0 Å². The van der Waals surface area contributed by atoms with Crippen molar-refractivity contribution in [1.82, 2.24) is 0 Å². The number of fused-ring (bicyclic) bond motifs is 1. The van der Waals surface area contributed by atoms with Crippen molar-refractivity contribution in [3.63, 3.8) is 0 Å². The van der Waals surface area contributed by atoms with Gasteiger partial charge in [0.05, 0.1) is 12.2 Å². The van der Waals surface area contributed by atoms with Gasteiger partial charge in [-0.3, -0.25) is 4.79 Å². The van der Waals surface area contributed by atoms with Crippen LogP contribution in [0.1, 0.15) is 18.1 Å². The largest absolute Gasteiger partial charge is 0.479 e. The molecule has 2 N–H and O–H groups in total. The third-order valence-electron chi connectivity index (χ3n) is 3.65. The van der Waals surface area contributed by atoms with Gasteiger partial charge in [0.15, 0.2) is 6.10 Å². The summed E-state index contributed by atoms with van der Waals surface area (Å²) in [6.45, 7) is 4.34. The fourth-order valence-electron chi connectivity index (χ4n) is 2.47. The number of nitrogen functional groups attached to an aromatic ring is 1. The maximum atomic E-state index is 12.4. The molecule has 4 nitrogen and oxygen atoms in total. The SMILES string of the molecule is Cc1ccc(CN2C(=O)C(C)Oc3cc(N)ccc32)cc1. The quantitative estimate of drug-likeness (QED) is 0.862. The molecule has 0 aliphatic carbocycles. The normalized spacial score (nSPS) is 17.3. The van der Waals surface area contributed by atoms with Gasteiger partial charge in [0, 0.05) is 11.8 Å². The van der Waals surface area contributed by atoms with Crippen molar-refractivity contribution in [2.24, 2.45) is 0 Å². The highest BCUT2D eigenvalue weighted by Gasteiger charge is 2.31. The van der Waals surface area contributed by atoms with Gasteiger partial charge in [-0.15, -0.1) is 0 Å². The van der Waals surface area contributed by atoms with Crippen LogP contribution in [0.25, 0.3) is 0 Å². The van der Waals surface area contributed by atoms with E-state index in [0.717, 1.165) is 11.3 Å². The standard InChI is InChI=1S/C17H18N2O2/c1-11-3-5-13(6-4-11)10-19-15-8-7-14(18)9-16(15)21-12(2)17(19)20/h3-9,12H,10,18H2,1-2H3. The monoisotopic (exact) mass is 282 g/mol. The van der Waals surface area contributed by atoms with Crippen molar-refractivity contribution >= 4 is 17.3 Å². The zero-order valence-electron chi connectivity index (χ0n) is 12.2. The number of rotatable bonds is 2. The zero-order valence-corrected chi connectivity index (χ0v) is 12.2. The average Bonchev–Trinajstić information content (AvgIpc) is 2.46. The molecule has 0 fully saturated rings. The minimum absolute atomic E-state index is 0.0344. The second-order valence-electron chi connectivity index (χ2n) is 5.40. The summed E-state index contributed by atoms with van der Waals surface area (Å²) in [6.07, 6.45) is -0.496. The number of carbonyl (C=O) groups excluding carboxylic acids is 1. The highest BCUT2D eigenvalue weighted by atomic mass is 16.5. The highest BCUT2D eigenvalue weighted by Crippen LogP contribution is 2.36. The minimum Gasteiger partial charge on any atom is -0.479 e. The van der Waals surface area contributed by atoms with Crippen molar-refractivity contribution < 1.29 is 9.53 Å². The van der Waals surface area contributed by atoms with E-state index in [2.05, 4.69) is 0 Å². The van der Waals surface area contributed by atoms with E-state index in [1.807, 2.05) is 37.3 Å². The Hall–Kier alpha value is -2.49. The summed E-state index contributed by atoms with van der Waals surface area (Å²) in [6, 6.07) is 13.6. The van der Waals surface area contributed by atoms with E-state index in [9.17, 15) is 4.79 Å². The Kier molecular flexibility index (Phi) is 3.29. The number of carbonyl (C=O) groups is 1. The number of hydrogen-bond donors (Lipinski definition) is 1.